The van der Waals surface area contributed by atoms with Crippen LogP contribution in [0.15, 0.2) is 54.6 Å². The molecule has 0 aromatic heterocycles. The summed E-state index contributed by atoms with van der Waals surface area (Å²) in [4.78, 5) is 18.6. The Hall–Kier alpha value is -2.49. The molecule has 2 aromatic rings. The fourth-order valence-corrected chi connectivity index (χ4v) is 7.91. The lowest BCUT2D eigenvalue weighted by molar-refractivity contribution is 0.0731. The average molecular weight is 531 g/mol. The quantitative estimate of drug-likeness (QED) is 0.308. The molecule has 2 aliphatic carbocycles. The van der Waals surface area contributed by atoms with Crippen molar-refractivity contribution in [3.63, 3.8) is 0 Å². The normalized spacial score (nSPS) is 26.8. The summed E-state index contributed by atoms with van der Waals surface area (Å²) < 4.78 is 5.36. The van der Waals surface area contributed by atoms with Crippen molar-refractivity contribution in [3.05, 3.63) is 65.7 Å². The van der Waals surface area contributed by atoms with Crippen LogP contribution in [-0.4, -0.2) is 41.6 Å². The summed E-state index contributed by atoms with van der Waals surface area (Å²) in [6.45, 7) is 7.21. The third-order valence-corrected chi connectivity index (χ3v) is 10.5. The molecule has 4 heteroatoms. The first-order chi connectivity index (χ1) is 19.0. The van der Waals surface area contributed by atoms with Crippen molar-refractivity contribution in [1.82, 2.24) is 9.80 Å². The summed E-state index contributed by atoms with van der Waals surface area (Å²) in [5.41, 5.74) is 2.88. The van der Waals surface area contributed by atoms with E-state index in [9.17, 15) is 4.79 Å². The van der Waals surface area contributed by atoms with Gasteiger partial charge in [0.05, 0.1) is 12.6 Å². The highest BCUT2D eigenvalue weighted by Gasteiger charge is 2.53. The first kappa shape index (κ1) is 28.1. The summed E-state index contributed by atoms with van der Waals surface area (Å²) in [6.07, 6.45) is 15.0. The molecule has 0 N–H and O–H groups in total. The minimum atomic E-state index is -0.0358. The number of carbonyl (C=O) groups excluding carboxylic acids is 1. The van der Waals surface area contributed by atoms with Crippen LogP contribution in [0.4, 0.5) is 4.79 Å². The lowest BCUT2D eigenvalue weighted by Crippen LogP contribution is -2.53. The van der Waals surface area contributed by atoms with E-state index in [0.717, 1.165) is 37.6 Å². The van der Waals surface area contributed by atoms with Gasteiger partial charge in [-0.15, -0.1) is 0 Å². The number of carbonyl (C=O) groups is 1. The molecular weight excluding hydrogens is 480 g/mol. The second-order valence-corrected chi connectivity index (χ2v) is 13.0. The molecule has 4 nitrogen and oxygen atoms in total. The van der Waals surface area contributed by atoms with Crippen LogP contribution in [0, 0.1) is 11.8 Å². The van der Waals surface area contributed by atoms with E-state index in [4.69, 9.17) is 4.74 Å². The molecule has 212 valence electrons. The second kappa shape index (κ2) is 12.4. The van der Waals surface area contributed by atoms with Gasteiger partial charge in [-0.25, -0.2) is 4.79 Å². The largest absolute Gasteiger partial charge is 0.497 e. The highest BCUT2D eigenvalue weighted by molar-refractivity contribution is 5.78. The van der Waals surface area contributed by atoms with Crippen LogP contribution in [-0.2, 0) is 12.0 Å². The zero-order valence-electron chi connectivity index (χ0n) is 24.7. The lowest BCUT2D eigenvalue weighted by atomic mass is 9.60. The number of amides is 2. The van der Waals surface area contributed by atoms with Gasteiger partial charge in [0.15, 0.2) is 0 Å². The molecule has 1 aliphatic heterocycles. The molecular formula is C35H50N2O2. The van der Waals surface area contributed by atoms with Crippen LogP contribution in [0.5, 0.6) is 5.75 Å². The van der Waals surface area contributed by atoms with Gasteiger partial charge in [0, 0.05) is 19.6 Å². The van der Waals surface area contributed by atoms with E-state index in [2.05, 4.69) is 66.1 Å². The number of benzene rings is 2. The van der Waals surface area contributed by atoms with Crippen molar-refractivity contribution in [2.45, 2.75) is 108 Å². The van der Waals surface area contributed by atoms with E-state index in [0.29, 0.717) is 12.5 Å². The fraction of sp³-hybridized carbons (Fsp3) is 0.629. The summed E-state index contributed by atoms with van der Waals surface area (Å²) in [7, 11) is 1.70. The van der Waals surface area contributed by atoms with E-state index in [1.165, 1.54) is 75.3 Å². The molecule has 0 radical (unpaired) electrons. The molecule has 1 saturated heterocycles. The minimum Gasteiger partial charge on any atom is -0.497 e. The number of nitrogens with zero attached hydrogens (tertiary/aromatic N) is 2. The summed E-state index contributed by atoms with van der Waals surface area (Å²) in [5, 5.41) is 0. The van der Waals surface area contributed by atoms with Crippen molar-refractivity contribution >= 4 is 6.03 Å². The molecule has 1 heterocycles. The van der Waals surface area contributed by atoms with Crippen molar-refractivity contribution < 1.29 is 9.53 Å². The van der Waals surface area contributed by atoms with Crippen molar-refractivity contribution in [2.75, 3.05) is 20.2 Å². The second-order valence-electron chi connectivity index (χ2n) is 13.0. The highest BCUT2D eigenvalue weighted by Crippen LogP contribution is 2.51. The van der Waals surface area contributed by atoms with E-state index in [-0.39, 0.29) is 17.0 Å². The maximum absolute atomic E-state index is 14.1. The highest BCUT2D eigenvalue weighted by atomic mass is 16.5. The zero-order chi connectivity index (χ0) is 27.3. The molecule has 2 amide bonds. The molecule has 1 unspecified atom stereocenters. The molecule has 1 spiro atoms. The van der Waals surface area contributed by atoms with Crippen LogP contribution < -0.4 is 4.74 Å². The van der Waals surface area contributed by atoms with Gasteiger partial charge in [0.2, 0.25) is 0 Å². The number of rotatable bonds is 10. The maximum atomic E-state index is 14.1. The number of urea groups is 1. The summed E-state index contributed by atoms with van der Waals surface area (Å²) in [6, 6.07) is 19.8. The predicted octanol–water partition coefficient (Wildman–Crippen LogP) is 8.59. The number of hydrogen-bond donors (Lipinski definition) is 0. The maximum Gasteiger partial charge on any atom is 0.320 e. The first-order valence-electron chi connectivity index (χ1n) is 15.7. The Morgan fingerprint density at radius 2 is 1.64 bits per heavy atom. The minimum absolute atomic E-state index is 0.0358. The van der Waals surface area contributed by atoms with E-state index in [1.54, 1.807) is 7.11 Å². The SMILES string of the molecule is CCC(C)CC1(c2ccccc2)CCC2(CC1)CN(Cc1ccc(OC)cc1)C(=O)N2CCC1CCCCC1. The number of methoxy groups -OCH3 is 1. The molecule has 2 saturated carbocycles. The predicted molar refractivity (Wildman–Crippen MR) is 160 cm³/mol. The Bertz CT molecular complexity index is 1050. The molecule has 1 atom stereocenters. The number of hydrogen-bond acceptors (Lipinski definition) is 2. The molecule has 39 heavy (non-hydrogen) atoms. The Balaban J connectivity index is 1.37. The Kier molecular flexibility index (Phi) is 8.89. The zero-order valence-corrected chi connectivity index (χ0v) is 24.7. The monoisotopic (exact) mass is 530 g/mol. The molecule has 2 aromatic carbocycles. The Morgan fingerprint density at radius 3 is 2.28 bits per heavy atom. The molecule has 3 fully saturated rings. The van der Waals surface area contributed by atoms with Crippen LogP contribution in [0.2, 0.25) is 0 Å². The van der Waals surface area contributed by atoms with Crippen LogP contribution in [0.25, 0.3) is 0 Å². The van der Waals surface area contributed by atoms with Gasteiger partial charge in [-0.3, -0.25) is 0 Å². The standard InChI is InChI=1S/C35H50N2O2/c1-4-28(2)25-34(31-13-9-6-10-14-31)20-22-35(23-21-34)27-36(26-30-15-17-32(39-3)18-16-30)33(38)37(35)24-19-29-11-7-5-8-12-29/h6,9-10,13-18,28-29H,4-5,7-8,11-12,19-27H2,1-3H3. The third-order valence-electron chi connectivity index (χ3n) is 10.5. The third kappa shape index (κ3) is 6.15. The Morgan fingerprint density at radius 1 is 0.949 bits per heavy atom. The van der Waals surface area contributed by atoms with Gasteiger partial charge in [-0.1, -0.05) is 94.8 Å². The van der Waals surface area contributed by atoms with Gasteiger partial charge in [-0.05, 0) is 79.0 Å². The molecule has 5 rings (SSSR count). The van der Waals surface area contributed by atoms with Crippen LogP contribution in [0.3, 0.4) is 0 Å². The van der Waals surface area contributed by atoms with Gasteiger partial charge in [0.1, 0.15) is 5.75 Å². The Labute approximate surface area is 237 Å². The van der Waals surface area contributed by atoms with E-state index in [1.807, 2.05) is 12.1 Å². The smallest absolute Gasteiger partial charge is 0.320 e. The van der Waals surface area contributed by atoms with Crippen LogP contribution >= 0.6 is 0 Å². The van der Waals surface area contributed by atoms with Crippen LogP contribution in [0.1, 0.15) is 102 Å². The van der Waals surface area contributed by atoms with Gasteiger partial charge >= 0.3 is 6.03 Å². The topological polar surface area (TPSA) is 32.8 Å². The first-order valence-corrected chi connectivity index (χ1v) is 15.7. The fourth-order valence-electron chi connectivity index (χ4n) is 7.91. The lowest BCUT2D eigenvalue weighted by Gasteiger charge is -2.49. The van der Waals surface area contributed by atoms with Crippen molar-refractivity contribution in [3.8, 4) is 5.75 Å². The summed E-state index contributed by atoms with van der Waals surface area (Å²) in [5.74, 6) is 2.36. The average Bonchev–Trinajstić information content (AvgIpc) is 3.24. The van der Waals surface area contributed by atoms with Crippen molar-refractivity contribution in [1.29, 1.82) is 0 Å². The molecule has 3 aliphatic rings. The van der Waals surface area contributed by atoms with E-state index < -0.39 is 0 Å². The van der Waals surface area contributed by atoms with Gasteiger partial charge in [0.25, 0.3) is 0 Å². The van der Waals surface area contributed by atoms with Gasteiger partial charge < -0.3 is 14.5 Å². The van der Waals surface area contributed by atoms with Crippen molar-refractivity contribution in [2.24, 2.45) is 11.8 Å². The number of ether oxygens (including phenoxy) is 1. The molecule has 0 bridgehead atoms. The summed E-state index contributed by atoms with van der Waals surface area (Å²) >= 11 is 0. The van der Waals surface area contributed by atoms with Gasteiger partial charge in [-0.2, -0.15) is 0 Å². The van der Waals surface area contributed by atoms with E-state index >= 15 is 0 Å².